The summed E-state index contributed by atoms with van der Waals surface area (Å²) < 4.78 is 17.5. The third kappa shape index (κ3) is 2.72. The molecule has 2 aliphatic rings. The predicted octanol–water partition coefficient (Wildman–Crippen LogP) is 2.10. The minimum atomic E-state index is -0.484. The van der Waals surface area contributed by atoms with Gasteiger partial charge < -0.3 is 19.3 Å². The van der Waals surface area contributed by atoms with Crippen molar-refractivity contribution in [3.63, 3.8) is 0 Å². The second kappa shape index (κ2) is 5.45. The van der Waals surface area contributed by atoms with Crippen LogP contribution in [0.5, 0.6) is 0 Å². The van der Waals surface area contributed by atoms with Crippen LogP contribution < -0.4 is 0 Å². The van der Waals surface area contributed by atoms with Gasteiger partial charge in [-0.15, -0.1) is 0 Å². The van der Waals surface area contributed by atoms with E-state index in [1.807, 2.05) is 0 Å². The average Bonchev–Trinajstić information content (AvgIpc) is 2.77. The number of hydrogen-bond acceptors (Lipinski definition) is 4. The van der Waals surface area contributed by atoms with Crippen molar-refractivity contribution in [2.45, 2.75) is 63.4 Å². The largest absolute Gasteiger partial charge is 0.396 e. The van der Waals surface area contributed by atoms with Gasteiger partial charge in [0.1, 0.15) is 6.61 Å². The lowest BCUT2D eigenvalue weighted by molar-refractivity contribution is -0.320. The first-order valence-electron chi connectivity index (χ1n) is 7.01. The fourth-order valence-electron chi connectivity index (χ4n) is 2.97. The van der Waals surface area contributed by atoms with Gasteiger partial charge in [0.25, 0.3) is 0 Å². The highest BCUT2D eigenvalue weighted by Crippen LogP contribution is 2.44. The van der Waals surface area contributed by atoms with Crippen LogP contribution in [0.15, 0.2) is 0 Å². The second-order valence-corrected chi connectivity index (χ2v) is 6.04. The van der Waals surface area contributed by atoms with E-state index in [1.165, 1.54) is 0 Å². The van der Waals surface area contributed by atoms with Gasteiger partial charge in [-0.05, 0) is 32.1 Å². The van der Waals surface area contributed by atoms with Gasteiger partial charge in [-0.1, -0.05) is 13.3 Å². The van der Waals surface area contributed by atoms with Crippen LogP contribution in [-0.2, 0) is 14.2 Å². The highest BCUT2D eigenvalue weighted by atomic mass is 16.7. The van der Waals surface area contributed by atoms with Crippen LogP contribution in [0, 0.1) is 5.92 Å². The molecule has 4 unspecified atom stereocenters. The Hall–Kier alpha value is -0.160. The molecule has 0 aliphatic carbocycles. The average molecular weight is 258 g/mol. The van der Waals surface area contributed by atoms with Crippen molar-refractivity contribution in [2.75, 3.05) is 20.3 Å². The van der Waals surface area contributed by atoms with E-state index in [9.17, 15) is 0 Å². The molecule has 106 valence electrons. The van der Waals surface area contributed by atoms with E-state index in [1.54, 1.807) is 7.11 Å². The van der Waals surface area contributed by atoms with Gasteiger partial charge in [-0.25, -0.2) is 0 Å². The molecular formula is C14H26O4. The van der Waals surface area contributed by atoms with E-state index in [2.05, 4.69) is 13.8 Å². The Morgan fingerprint density at radius 1 is 1.50 bits per heavy atom. The smallest absolute Gasteiger partial charge is 0.192 e. The molecular weight excluding hydrogens is 232 g/mol. The zero-order valence-electron chi connectivity index (χ0n) is 11.8. The maximum Gasteiger partial charge on any atom is 0.192 e. The summed E-state index contributed by atoms with van der Waals surface area (Å²) in [5.74, 6) is -0.109. The lowest BCUT2D eigenvalue weighted by Gasteiger charge is -2.43. The predicted molar refractivity (Wildman–Crippen MR) is 68.3 cm³/mol. The van der Waals surface area contributed by atoms with Crippen molar-refractivity contribution >= 4 is 0 Å². The van der Waals surface area contributed by atoms with Crippen molar-refractivity contribution in [1.29, 1.82) is 0 Å². The van der Waals surface area contributed by atoms with Gasteiger partial charge in [0.05, 0.1) is 11.7 Å². The minimum Gasteiger partial charge on any atom is -0.396 e. The third-order valence-electron chi connectivity index (χ3n) is 4.50. The maximum absolute atomic E-state index is 9.03. The van der Waals surface area contributed by atoms with Crippen LogP contribution in [0.3, 0.4) is 0 Å². The molecule has 2 rings (SSSR count). The molecule has 0 saturated carbocycles. The molecule has 0 spiro atoms. The zero-order valence-corrected chi connectivity index (χ0v) is 11.8. The molecule has 2 aliphatic heterocycles. The van der Waals surface area contributed by atoms with Crippen LogP contribution in [-0.4, -0.2) is 42.9 Å². The topological polar surface area (TPSA) is 47.9 Å². The van der Waals surface area contributed by atoms with Crippen LogP contribution in [0.25, 0.3) is 0 Å². The normalized spacial score (nSPS) is 41.0. The minimum absolute atomic E-state index is 0.149. The molecule has 4 nitrogen and oxygen atoms in total. The first kappa shape index (κ1) is 14.3. The van der Waals surface area contributed by atoms with E-state index in [-0.39, 0.29) is 18.3 Å². The van der Waals surface area contributed by atoms with Crippen LogP contribution in [0.2, 0.25) is 0 Å². The summed E-state index contributed by atoms with van der Waals surface area (Å²) >= 11 is 0. The summed E-state index contributed by atoms with van der Waals surface area (Å²) in [4.78, 5) is 0. The van der Waals surface area contributed by atoms with E-state index in [0.29, 0.717) is 12.5 Å². The number of aliphatic hydroxyl groups is 1. The van der Waals surface area contributed by atoms with E-state index < -0.39 is 5.79 Å². The van der Waals surface area contributed by atoms with Crippen molar-refractivity contribution in [3.05, 3.63) is 0 Å². The number of fused-ring (bicyclic) bond motifs is 2. The molecule has 2 heterocycles. The first-order valence-corrected chi connectivity index (χ1v) is 7.01. The Kier molecular flexibility index (Phi) is 4.32. The second-order valence-electron chi connectivity index (χ2n) is 6.04. The highest BCUT2D eigenvalue weighted by Gasteiger charge is 2.53. The molecule has 2 saturated heterocycles. The summed E-state index contributed by atoms with van der Waals surface area (Å²) in [6.07, 6.45) is 5.18. The quantitative estimate of drug-likeness (QED) is 0.792. The summed E-state index contributed by atoms with van der Waals surface area (Å²) in [5, 5.41) is 9.03. The number of hydrogen-bond donors (Lipinski definition) is 1. The molecule has 0 radical (unpaired) electrons. The Morgan fingerprint density at radius 3 is 2.94 bits per heavy atom. The van der Waals surface area contributed by atoms with Gasteiger partial charge in [0.2, 0.25) is 0 Å². The van der Waals surface area contributed by atoms with Crippen LogP contribution in [0.4, 0.5) is 0 Å². The van der Waals surface area contributed by atoms with Crippen LogP contribution in [0.1, 0.15) is 46.0 Å². The van der Waals surface area contributed by atoms with Crippen molar-refractivity contribution in [2.24, 2.45) is 5.92 Å². The number of rotatable bonds is 6. The summed E-state index contributed by atoms with van der Waals surface area (Å²) in [5.41, 5.74) is -0.187. The van der Waals surface area contributed by atoms with E-state index in [4.69, 9.17) is 19.3 Å². The fraction of sp³-hybridized carbons (Fsp3) is 1.00. The molecule has 18 heavy (non-hydrogen) atoms. The van der Waals surface area contributed by atoms with Gasteiger partial charge in [0.15, 0.2) is 5.79 Å². The molecule has 0 aromatic heterocycles. The Bertz CT molecular complexity index is 283. The maximum atomic E-state index is 9.03. The molecule has 2 bridgehead atoms. The first-order chi connectivity index (χ1) is 8.53. The van der Waals surface area contributed by atoms with Crippen LogP contribution >= 0.6 is 0 Å². The summed E-state index contributed by atoms with van der Waals surface area (Å²) in [6.45, 7) is 5.02. The highest BCUT2D eigenvalue weighted by molar-refractivity contribution is 4.97. The van der Waals surface area contributed by atoms with E-state index >= 15 is 0 Å². The van der Waals surface area contributed by atoms with Gasteiger partial charge in [0, 0.05) is 20.1 Å². The van der Waals surface area contributed by atoms with Gasteiger partial charge in [-0.3, -0.25) is 0 Å². The SMILES string of the molecule is COC12CCC(O1)C(C)(CCCC(C)CO)OC2. The zero-order chi connectivity index (χ0) is 13.2. The number of ether oxygens (including phenoxy) is 3. The lowest BCUT2D eigenvalue weighted by atomic mass is 9.89. The standard InChI is InChI=1S/C14H26O4/c1-11(9-15)5-4-7-13(2)12-6-8-14(16-3,18-12)10-17-13/h11-12,15H,4-10H2,1-3H3. The molecule has 4 heteroatoms. The molecule has 0 aromatic rings. The molecule has 4 atom stereocenters. The monoisotopic (exact) mass is 258 g/mol. The molecule has 1 N–H and O–H groups in total. The molecule has 0 aromatic carbocycles. The van der Waals surface area contributed by atoms with Crippen molar-refractivity contribution in [3.8, 4) is 0 Å². The molecule has 2 fully saturated rings. The van der Waals surface area contributed by atoms with E-state index in [0.717, 1.165) is 32.1 Å². The Morgan fingerprint density at radius 2 is 2.28 bits per heavy atom. The third-order valence-corrected chi connectivity index (χ3v) is 4.50. The van der Waals surface area contributed by atoms with Gasteiger partial charge >= 0.3 is 0 Å². The van der Waals surface area contributed by atoms with Crippen molar-refractivity contribution in [1.82, 2.24) is 0 Å². The molecule has 0 amide bonds. The Labute approximate surface area is 110 Å². The fourth-order valence-corrected chi connectivity index (χ4v) is 2.97. The number of aliphatic hydroxyl groups excluding tert-OH is 1. The summed E-state index contributed by atoms with van der Waals surface area (Å²) in [6, 6.07) is 0. The van der Waals surface area contributed by atoms with Crippen molar-refractivity contribution < 1.29 is 19.3 Å². The van der Waals surface area contributed by atoms with Gasteiger partial charge in [-0.2, -0.15) is 0 Å². The lowest BCUT2D eigenvalue weighted by Crippen LogP contribution is -2.53. The summed E-state index contributed by atoms with van der Waals surface area (Å²) in [7, 11) is 1.69. The number of methoxy groups -OCH3 is 1. The Balaban J connectivity index is 1.85.